The Hall–Kier alpha value is -2.47. The van der Waals surface area contributed by atoms with Crippen LogP contribution in [0, 0.1) is 0 Å². The minimum Gasteiger partial charge on any atom is -0.376 e. The van der Waals surface area contributed by atoms with E-state index in [2.05, 4.69) is 15.2 Å². The predicted molar refractivity (Wildman–Crippen MR) is 78.1 cm³/mol. The molecule has 6 heteroatoms. The van der Waals surface area contributed by atoms with Crippen molar-refractivity contribution in [1.29, 1.82) is 0 Å². The van der Waals surface area contributed by atoms with Crippen molar-refractivity contribution in [1.82, 2.24) is 19.6 Å². The highest BCUT2D eigenvalue weighted by molar-refractivity contribution is 5.34. The van der Waals surface area contributed by atoms with E-state index in [9.17, 15) is 4.79 Å². The number of fused-ring (bicyclic) bond motifs is 1. The van der Waals surface area contributed by atoms with Crippen LogP contribution < -0.4 is 5.56 Å². The van der Waals surface area contributed by atoms with Gasteiger partial charge in [-0.05, 0) is 5.56 Å². The van der Waals surface area contributed by atoms with Crippen LogP contribution in [0.4, 0.5) is 0 Å². The molecule has 0 radical (unpaired) electrons. The maximum absolute atomic E-state index is 11.6. The fraction of sp³-hybridized carbons (Fsp3) is 0.267. The van der Waals surface area contributed by atoms with Crippen LogP contribution in [0.5, 0.6) is 0 Å². The van der Waals surface area contributed by atoms with Crippen LogP contribution in [-0.4, -0.2) is 26.2 Å². The summed E-state index contributed by atoms with van der Waals surface area (Å²) in [4.78, 5) is 14.2. The molecule has 0 fully saturated rings. The van der Waals surface area contributed by atoms with Crippen LogP contribution in [-0.2, 0) is 11.3 Å². The Morgan fingerprint density at radius 3 is 2.90 bits per heavy atom. The van der Waals surface area contributed by atoms with Crippen molar-refractivity contribution in [3.8, 4) is 0 Å². The summed E-state index contributed by atoms with van der Waals surface area (Å²) in [6, 6.07) is 10.0. The molecule has 21 heavy (non-hydrogen) atoms. The zero-order valence-electron chi connectivity index (χ0n) is 11.7. The highest BCUT2D eigenvalue weighted by Gasteiger charge is 2.15. The molecule has 0 saturated carbocycles. The van der Waals surface area contributed by atoms with Gasteiger partial charge in [0.25, 0.3) is 5.56 Å². The van der Waals surface area contributed by atoms with Crippen molar-refractivity contribution in [3.63, 3.8) is 0 Å². The molecule has 0 aliphatic heterocycles. The second kappa shape index (κ2) is 5.88. The molecular formula is C15H16N4O2. The van der Waals surface area contributed by atoms with E-state index in [-0.39, 0.29) is 11.5 Å². The largest absolute Gasteiger partial charge is 0.376 e. The molecule has 3 aromatic rings. The Bertz CT molecular complexity index is 779. The van der Waals surface area contributed by atoms with E-state index in [4.69, 9.17) is 4.74 Å². The molecule has 0 aliphatic carbocycles. The van der Waals surface area contributed by atoms with Gasteiger partial charge in [0.05, 0.1) is 13.2 Å². The van der Waals surface area contributed by atoms with Crippen LogP contribution in [0.15, 0.2) is 47.5 Å². The summed E-state index contributed by atoms with van der Waals surface area (Å²) >= 11 is 0. The minimum atomic E-state index is -0.242. The van der Waals surface area contributed by atoms with Gasteiger partial charge in [0.2, 0.25) is 5.65 Å². The average molecular weight is 284 g/mol. The number of aromatic amines is 1. The van der Waals surface area contributed by atoms with Gasteiger partial charge in [-0.3, -0.25) is 9.20 Å². The minimum absolute atomic E-state index is 0.0468. The molecule has 2 aromatic heterocycles. The number of nitrogens with one attached hydrogen (secondary N) is 1. The van der Waals surface area contributed by atoms with Crippen molar-refractivity contribution in [2.24, 2.45) is 0 Å². The summed E-state index contributed by atoms with van der Waals surface area (Å²) in [5.41, 5.74) is 1.20. The van der Waals surface area contributed by atoms with Gasteiger partial charge in [-0.15, -0.1) is 10.2 Å². The molecule has 6 nitrogen and oxygen atoms in total. The molecule has 0 spiro atoms. The number of rotatable bonds is 5. The summed E-state index contributed by atoms with van der Waals surface area (Å²) in [6.45, 7) is 3.08. The Balaban J connectivity index is 1.68. The molecule has 0 aliphatic rings. The van der Waals surface area contributed by atoms with Gasteiger partial charge in [-0.1, -0.05) is 37.3 Å². The molecule has 3 rings (SSSR count). The molecule has 0 saturated heterocycles. The summed E-state index contributed by atoms with van der Waals surface area (Å²) in [7, 11) is 0. The number of ether oxygens (including phenoxy) is 1. The molecular weight excluding hydrogens is 268 g/mol. The monoisotopic (exact) mass is 284 g/mol. The maximum atomic E-state index is 11.6. The van der Waals surface area contributed by atoms with Crippen molar-refractivity contribution in [2.45, 2.75) is 19.4 Å². The Morgan fingerprint density at radius 2 is 2.10 bits per heavy atom. The van der Waals surface area contributed by atoms with Crippen molar-refractivity contribution in [3.05, 3.63) is 64.5 Å². The number of H-pyrrole nitrogens is 1. The van der Waals surface area contributed by atoms with Gasteiger partial charge in [0, 0.05) is 18.3 Å². The van der Waals surface area contributed by atoms with Crippen LogP contribution >= 0.6 is 0 Å². The fourth-order valence-electron chi connectivity index (χ4n) is 2.20. The first kappa shape index (κ1) is 13.5. The summed E-state index contributed by atoms with van der Waals surface area (Å²) in [5, 5.41) is 8.01. The standard InChI is InChI=1S/C15H16N4O2/c1-11(9-21-10-12-5-3-2-4-6-12)13-17-18-14-15(20)16-7-8-19(13)14/h2-8,11H,9-10H2,1H3,(H,16,20). The zero-order chi connectivity index (χ0) is 14.7. The highest BCUT2D eigenvalue weighted by atomic mass is 16.5. The van der Waals surface area contributed by atoms with E-state index in [0.717, 1.165) is 11.4 Å². The molecule has 0 bridgehead atoms. The first-order valence-corrected chi connectivity index (χ1v) is 6.79. The lowest BCUT2D eigenvalue weighted by atomic mass is 10.2. The predicted octanol–water partition coefficient (Wildman–Crippen LogP) is 1.74. The summed E-state index contributed by atoms with van der Waals surface area (Å²) in [5.74, 6) is 0.773. The third kappa shape index (κ3) is 2.85. The van der Waals surface area contributed by atoms with E-state index in [1.54, 1.807) is 16.8 Å². The van der Waals surface area contributed by atoms with Crippen LogP contribution in [0.2, 0.25) is 0 Å². The Kier molecular flexibility index (Phi) is 3.79. The second-order valence-electron chi connectivity index (χ2n) is 4.94. The highest BCUT2D eigenvalue weighted by Crippen LogP contribution is 2.14. The maximum Gasteiger partial charge on any atom is 0.293 e. The van der Waals surface area contributed by atoms with Crippen molar-refractivity contribution >= 4 is 5.65 Å². The van der Waals surface area contributed by atoms with Gasteiger partial charge >= 0.3 is 0 Å². The molecule has 2 heterocycles. The van der Waals surface area contributed by atoms with E-state index in [1.165, 1.54) is 0 Å². The topological polar surface area (TPSA) is 72.3 Å². The molecule has 1 atom stereocenters. The second-order valence-corrected chi connectivity index (χ2v) is 4.94. The van der Waals surface area contributed by atoms with Gasteiger partial charge in [-0.25, -0.2) is 0 Å². The smallest absolute Gasteiger partial charge is 0.293 e. The first-order valence-electron chi connectivity index (χ1n) is 6.79. The Morgan fingerprint density at radius 1 is 1.29 bits per heavy atom. The lowest BCUT2D eigenvalue weighted by molar-refractivity contribution is 0.108. The van der Waals surface area contributed by atoms with E-state index < -0.39 is 0 Å². The van der Waals surface area contributed by atoms with Crippen LogP contribution in [0.3, 0.4) is 0 Å². The molecule has 108 valence electrons. The average Bonchev–Trinajstić information content (AvgIpc) is 2.94. The van der Waals surface area contributed by atoms with Crippen LogP contribution in [0.1, 0.15) is 24.2 Å². The van der Waals surface area contributed by atoms with Gasteiger partial charge in [0.1, 0.15) is 5.82 Å². The third-order valence-corrected chi connectivity index (χ3v) is 3.28. The molecule has 1 aromatic carbocycles. The fourth-order valence-corrected chi connectivity index (χ4v) is 2.20. The zero-order valence-corrected chi connectivity index (χ0v) is 11.7. The first-order chi connectivity index (χ1) is 10.3. The Labute approximate surface area is 121 Å². The van der Waals surface area contributed by atoms with Gasteiger partial charge in [0.15, 0.2) is 0 Å². The SMILES string of the molecule is CC(COCc1ccccc1)c1nnc2c(=O)[nH]ccn12. The summed E-state index contributed by atoms with van der Waals surface area (Å²) in [6.07, 6.45) is 3.33. The number of aromatic nitrogens is 4. The normalized spacial score (nSPS) is 12.6. The molecule has 0 amide bonds. The number of hydrogen-bond acceptors (Lipinski definition) is 4. The van der Waals surface area contributed by atoms with E-state index >= 15 is 0 Å². The van der Waals surface area contributed by atoms with E-state index in [1.807, 2.05) is 37.3 Å². The number of benzene rings is 1. The number of nitrogens with zero attached hydrogens (tertiary/aromatic N) is 3. The third-order valence-electron chi connectivity index (χ3n) is 3.28. The lowest BCUT2D eigenvalue weighted by Crippen LogP contribution is -2.12. The molecule has 1 N–H and O–H groups in total. The van der Waals surface area contributed by atoms with Crippen molar-refractivity contribution in [2.75, 3.05) is 6.61 Å². The number of hydrogen-bond donors (Lipinski definition) is 1. The van der Waals surface area contributed by atoms with Crippen molar-refractivity contribution < 1.29 is 4.74 Å². The lowest BCUT2D eigenvalue weighted by Gasteiger charge is -2.10. The van der Waals surface area contributed by atoms with E-state index in [0.29, 0.717) is 18.9 Å². The van der Waals surface area contributed by atoms with Crippen LogP contribution in [0.25, 0.3) is 5.65 Å². The van der Waals surface area contributed by atoms with Gasteiger partial charge in [-0.2, -0.15) is 0 Å². The summed E-state index contributed by atoms with van der Waals surface area (Å²) < 4.78 is 7.42. The molecule has 1 unspecified atom stereocenters. The quantitative estimate of drug-likeness (QED) is 0.774. The van der Waals surface area contributed by atoms with Gasteiger partial charge < -0.3 is 9.72 Å².